The summed E-state index contributed by atoms with van der Waals surface area (Å²) in [5.41, 5.74) is 1.75. The van der Waals surface area contributed by atoms with Crippen LogP contribution in [-0.4, -0.2) is 39.4 Å². The number of amides is 3. The topological polar surface area (TPSA) is 99.3 Å². The predicted octanol–water partition coefficient (Wildman–Crippen LogP) is 4.31. The summed E-state index contributed by atoms with van der Waals surface area (Å²) >= 11 is 6.43. The van der Waals surface area contributed by atoms with Gasteiger partial charge in [0.2, 0.25) is 17.7 Å². The zero-order valence-corrected chi connectivity index (χ0v) is 22.6. The highest BCUT2D eigenvalue weighted by atomic mass is 79.9. The number of likely N-dealkylation sites (tertiary alicyclic amines) is 1. The lowest BCUT2D eigenvalue weighted by molar-refractivity contribution is -0.143. The molecule has 3 heterocycles. The van der Waals surface area contributed by atoms with Gasteiger partial charge in [-0.2, -0.15) is 0 Å². The van der Waals surface area contributed by atoms with Crippen molar-refractivity contribution in [1.29, 1.82) is 0 Å². The van der Waals surface area contributed by atoms with Crippen LogP contribution in [0, 0.1) is 29.6 Å². The molecule has 10 heteroatoms. The maximum absolute atomic E-state index is 13.6. The van der Waals surface area contributed by atoms with Crippen LogP contribution in [0.3, 0.4) is 0 Å². The van der Waals surface area contributed by atoms with Gasteiger partial charge in [0.15, 0.2) is 0 Å². The molecule has 4 aliphatic rings. The fourth-order valence-corrected chi connectivity index (χ4v) is 10.3. The molecule has 3 fully saturated rings. The van der Waals surface area contributed by atoms with E-state index in [4.69, 9.17) is 0 Å². The van der Waals surface area contributed by atoms with Crippen LogP contribution in [0.15, 0.2) is 68.9 Å². The van der Waals surface area contributed by atoms with Gasteiger partial charge in [-0.25, -0.2) is 0 Å². The lowest BCUT2D eigenvalue weighted by atomic mass is 9.68. The number of halogens is 1. The third-order valence-electron chi connectivity index (χ3n) is 8.40. The Bertz CT molecular complexity index is 1490. The van der Waals surface area contributed by atoms with Crippen molar-refractivity contribution < 1.29 is 14.4 Å². The Balaban J connectivity index is 1.20. The monoisotopic (exact) mass is 595 g/mol. The van der Waals surface area contributed by atoms with Gasteiger partial charge >= 0.3 is 4.87 Å². The van der Waals surface area contributed by atoms with Crippen LogP contribution >= 0.6 is 39.0 Å². The predicted molar refractivity (Wildman–Crippen MR) is 144 cm³/mol. The van der Waals surface area contributed by atoms with E-state index >= 15 is 0 Å². The number of hydrogen-bond acceptors (Lipinski definition) is 6. The van der Waals surface area contributed by atoms with Gasteiger partial charge in [-0.05, 0) is 54.0 Å². The van der Waals surface area contributed by atoms with Crippen LogP contribution in [-0.2, 0) is 14.4 Å². The molecule has 2 N–H and O–H groups in total. The van der Waals surface area contributed by atoms with Crippen LogP contribution in [0.1, 0.15) is 22.8 Å². The zero-order valence-electron chi connectivity index (χ0n) is 19.4. The molecule has 2 aromatic carbocycles. The molecule has 2 aliphatic heterocycles. The number of carbonyl (C=O) groups excluding carboxylic acids is 3. The maximum Gasteiger partial charge on any atom is 0.305 e. The largest absolute Gasteiger partial charge is 0.325 e. The molecule has 3 amide bonds. The Kier molecular flexibility index (Phi) is 5.49. The second-order valence-electron chi connectivity index (χ2n) is 10.2. The smallest absolute Gasteiger partial charge is 0.305 e. The number of hydrogen-bond donors (Lipinski definition) is 2. The Morgan fingerprint density at radius 2 is 1.70 bits per heavy atom. The molecule has 1 aromatic heterocycles. The second kappa shape index (κ2) is 8.68. The summed E-state index contributed by atoms with van der Waals surface area (Å²) in [6.45, 7) is -0.266. The van der Waals surface area contributed by atoms with E-state index in [0.717, 1.165) is 26.4 Å². The molecule has 188 valence electrons. The minimum Gasteiger partial charge on any atom is -0.325 e. The molecule has 0 radical (unpaired) electrons. The number of H-pyrrole nitrogens is 1. The van der Waals surface area contributed by atoms with Crippen molar-refractivity contribution in [3.8, 4) is 0 Å². The van der Waals surface area contributed by atoms with Gasteiger partial charge in [0.1, 0.15) is 6.54 Å². The first-order valence-electron chi connectivity index (χ1n) is 12.3. The maximum atomic E-state index is 13.6. The Morgan fingerprint density at radius 3 is 2.43 bits per heavy atom. The minimum absolute atomic E-state index is 0.00687. The van der Waals surface area contributed by atoms with E-state index < -0.39 is 11.8 Å². The van der Waals surface area contributed by atoms with E-state index in [2.05, 4.69) is 38.4 Å². The highest BCUT2D eigenvalue weighted by Gasteiger charge is 2.69. The van der Waals surface area contributed by atoms with E-state index in [1.165, 1.54) is 16.2 Å². The number of rotatable bonds is 4. The lowest BCUT2D eigenvalue weighted by Crippen LogP contribution is -2.42. The zero-order chi connectivity index (χ0) is 25.4. The number of para-hydroxylation sites is 1. The van der Waals surface area contributed by atoms with Gasteiger partial charge in [0, 0.05) is 26.2 Å². The number of aromatic nitrogens is 1. The molecule has 1 saturated heterocycles. The summed E-state index contributed by atoms with van der Waals surface area (Å²) in [6, 6.07) is 17.2. The Hall–Kier alpha value is -2.69. The summed E-state index contributed by atoms with van der Waals surface area (Å²) in [4.78, 5) is 57.4. The summed E-state index contributed by atoms with van der Waals surface area (Å²) in [6.07, 6.45) is 0.825. The number of nitrogens with zero attached hydrogens (tertiary/aromatic N) is 1. The molecule has 2 aliphatic carbocycles. The average Bonchev–Trinajstić information content (AvgIpc) is 3.61. The molecule has 3 aromatic rings. The molecule has 6 unspecified atom stereocenters. The SMILES string of the molecule is O=C(CN1C(=O)C2C3CC(C2C1=O)C1C3Sc2[nH]c(=O)sc2[C@@H]1c1ccc(Br)cc1)Nc1ccccc1. The first-order valence-corrected chi connectivity index (χ1v) is 14.7. The molecule has 7 atom stereocenters. The number of benzene rings is 2. The van der Waals surface area contributed by atoms with Crippen LogP contribution in [0.2, 0.25) is 0 Å². The highest BCUT2D eigenvalue weighted by molar-refractivity contribution is 9.10. The molecule has 7 rings (SSSR count). The average molecular weight is 597 g/mol. The Morgan fingerprint density at radius 1 is 1.00 bits per heavy atom. The third kappa shape index (κ3) is 3.59. The van der Waals surface area contributed by atoms with Crippen molar-refractivity contribution in [1.82, 2.24) is 9.88 Å². The van der Waals surface area contributed by atoms with Crippen molar-refractivity contribution in [3.05, 3.63) is 79.2 Å². The number of imide groups is 1. The fraction of sp³-hybridized carbons (Fsp3) is 0.333. The summed E-state index contributed by atoms with van der Waals surface area (Å²) in [5, 5.41) is 3.81. The van der Waals surface area contributed by atoms with Gasteiger partial charge in [-0.15, -0.1) is 11.8 Å². The van der Waals surface area contributed by atoms with Gasteiger partial charge in [-0.3, -0.25) is 24.1 Å². The van der Waals surface area contributed by atoms with Gasteiger partial charge in [0.25, 0.3) is 0 Å². The second-order valence-corrected chi connectivity index (χ2v) is 13.3. The van der Waals surface area contributed by atoms with Crippen LogP contribution < -0.4 is 10.2 Å². The molecular formula is C27H22BrN3O4S2. The van der Waals surface area contributed by atoms with E-state index in [1.807, 2.05) is 30.3 Å². The molecule has 7 nitrogen and oxygen atoms in total. The number of carbonyl (C=O) groups is 3. The summed E-state index contributed by atoms with van der Waals surface area (Å²) in [5.74, 6) is -1.42. The molecule has 2 saturated carbocycles. The van der Waals surface area contributed by atoms with Crippen LogP contribution in [0.25, 0.3) is 0 Å². The molecular weight excluding hydrogens is 574 g/mol. The van der Waals surface area contributed by atoms with Gasteiger partial charge in [0.05, 0.1) is 16.9 Å². The lowest BCUT2D eigenvalue weighted by Gasteiger charge is -2.43. The van der Waals surface area contributed by atoms with Crippen molar-refractivity contribution in [2.45, 2.75) is 22.6 Å². The standard InChI is InChI=1S/C27H22BrN3O4S2/c28-13-8-6-12(7-9-13)18-19-15-10-16(22(19)36-24-23(18)37-27(35)30-24)21-20(15)25(33)31(26(21)34)11-17(32)29-14-4-2-1-3-5-14/h1-9,15-16,18-22H,10-11H2,(H,29,32)(H,30,35)/t15?,16?,18-,19?,20?,21?,22?/m1/s1. The van der Waals surface area contributed by atoms with Crippen molar-refractivity contribution in [2.75, 3.05) is 11.9 Å². The van der Waals surface area contributed by atoms with E-state index in [-0.39, 0.29) is 58.1 Å². The van der Waals surface area contributed by atoms with E-state index in [9.17, 15) is 19.2 Å². The third-order valence-corrected chi connectivity index (χ3v) is 11.5. The molecule has 37 heavy (non-hydrogen) atoms. The van der Waals surface area contributed by atoms with Gasteiger partial charge < -0.3 is 10.3 Å². The number of anilines is 1. The Labute approximate surface area is 229 Å². The number of aromatic amines is 1. The summed E-state index contributed by atoms with van der Waals surface area (Å²) < 4.78 is 0.981. The van der Waals surface area contributed by atoms with Crippen LogP contribution in [0.4, 0.5) is 5.69 Å². The number of nitrogens with one attached hydrogen (secondary N) is 2. The first kappa shape index (κ1) is 23.4. The number of thioether (sulfide) groups is 1. The molecule has 0 spiro atoms. The minimum atomic E-state index is -0.404. The van der Waals surface area contributed by atoms with Gasteiger partial charge in [-0.1, -0.05) is 57.6 Å². The first-order chi connectivity index (χ1) is 17.9. The van der Waals surface area contributed by atoms with Crippen LogP contribution in [0.5, 0.6) is 0 Å². The van der Waals surface area contributed by atoms with Crippen molar-refractivity contribution in [2.24, 2.45) is 29.6 Å². The fourth-order valence-electron chi connectivity index (χ4n) is 7.14. The number of thiazole rings is 1. The van der Waals surface area contributed by atoms with E-state index in [0.29, 0.717) is 5.69 Å². The molecule has 2 bridgehead atoms. The van der Waals surface area contributed by atoms with Crippen molar-refractivity contribution in [3.63, 3.8) is 0 Å². The number of fused-ring (bicyclic) bond motifs is 9. The quantitative estimate of drug-likeness (QED) is 0.438. The van der Waals surface area contributed by atoms with E-state index in [1.54, 1.807) is 23.9 Å². The summed E-state index contributed by atoms with van der Waals surface area (Å²) in [7, 11) is 0. The van der Waals surface area contributed by atoms with Crippen molar-refractivity contribution >= 4 is 62.4 Å². The highest BCUT2D eigenvalue weighted by Crippen LogP contribution is 2.68. The normalized spacial score (nSPS) is 31.3.